The Balaban J connectivity index is 0.998. The van der Waals surface area contributed by atoms with E-state index >= 15 is 8.78 Å². The van der Waals surface area contributed by atoms with Gasteiger partial charge in [0.25, 0.3) is 11.8 Å². The Morgan fingerprint density at radius 3 is 2.71 bits per heavy atom. The normalized spacial score (nSPS) is 21.6. The van der Waals surface area contributed by atoms with Crippen LogP contribution in [0.1, 0.15) is 24.0 Å². The fourth-order valence-corrected chi connectivity index (χ4v) is 6.49. The molecule has 2 N–H and O–H groups in total. The van der Waals surface area contributed by atoms with Crippen molar-refractivity contribution < 1.29 is 27.8 Å². The van der Waals surface area contributed by atoms with Crippen LogP contribution in [0, 0.1) is 17.6 Å². The molecule has 7 rings (SSSR count). The fourth-order valence-electron chi connectivity index (χ4n) is 6.49. The van der Waals surface area contributed by atoms with E-state index in [-0.39, 0.29) is 52.8 Å². The molecule has 12 nitrogen and oxygen atoms in total. The molecule has 2 aromatic heterocycles. The second kappa shape index (κ2) is 9.87. The highest BCUT2D eigenvalue weighted by molar-refractivity contribution is 5.94. The van der Waals surface area contributed by atoms with Crippen LogP contribution in [0.5, 0.6) is 5.88 Å². The molecule has 1 aromatic carbocycles. The number of nitrogens with zero attached hydrogens (tertiary/aromatic N) is 6. The predicted molar refractivity (Wildman–Crippen MR) is 143 cm³/mol. The molecule has 1 unspecified atom stereocenters. The number of likely N-dealkylation sites (tertiary alicyclic amines) is 1. The van der Waals surface area contributed by atoms with E-state index < -0.39 is 17.5 Å². The zero-order chi connectivity index (χ0) is 28.3. The Morgan fingerprint density at radius 2 is 1.93 bits per heavy atom. The lowest BCUT2D eigenvalue weighted by Gasteiger charge is -2.38. The first-order chi connectivity index (χ1) is 19.8. The Labute approximate surface area is 234 Å². The molecule has 0 bridgehead atoms. The molecule has 1 aliphatic carbocycles. The number of hydrogen-bond donors (Lipinski definition) is 2. The van der Waals surface area contributed by atoms with E-state index in [4.69, 9.17) is 9.47 Å². The highest BCUT2D eigenvalue weighted by Crippen LogP contribution is 2.39. The van der Waals surface area contributed by atoms with Crippen LogP contribution in [0.3, 0.4) is 0 Å². The van der Waals surface area contributed by atoms with E-state index in [1.54, 1.807) is 4.57 Å². The summed E-state index contributed by atoms with van der Waals surface area (Å²) >= 11 is 0. The summed E-state index contributed by atoms with van der Waals surface area (Å²) in [6.07, 6.45) is 4.63. The van der Waals surface area contributed by atoms with Gasteiger partial charge in [0.1, 0.15) is 16.6 Å². The number of carbonyl (C=O) groups is 2. The molecule has 2 amide bonds. The van der Waals surface area contributed by atoms with Crippen molar-refractivity contribution in [3.05, 3.63) is 35.3 Å². The van der Waals surface area contributed by atoms with Crippen molar-refractivity contribution in [3.8, 4) is 5.88 Å². The summed E-state index contributed by atoms with van der Waals surface area (Å²) in [5.74, 6) is -0.347. The number of benzene rings is 1. The van der Waals surface area contributed by atoms with Crippen LogP contribution in [0.2, 0.25) is 0 Å². The zero-order valence-electron chi connectivity index (χ0n) is 22.6. The van der Waals surface area contributed by atoms with E-state index in [1.165, 1.54) is 17.4 Å². The van der Waals surface area contributed by atoms with Crippen molar-refractivity contribution in [2.45, 2.75) is 37.8 Å². The first-order valence-corrected chi connectivity index (χ1v) is 13.8. The number of rotatable bonds is 6. The molecule has 5 heterocycles. The number of carbonyl (C=O) groups excluding carboxylic acids is 2. The van der Waals surface area contributed by atoms with E-state index in [0.29, 0.717) is 76.1 Å². The topological polar surface area (TPSA) is 127 Å². The maximum atomic E-state index is 15.6. The highest BCUT2D eigenvalue weighted by atomic mass is 19.1. The van der Waals surface area contributed by atoms with Crippen molar-refractivity contribution in [2.24, 2.45) is 5.92 Å². The lowest BCUT2D eigenvalue weighted by molar-refractivity contribution is -0.118. The highest BCUT2D eigenvalue weighted by Gasteiger charge is 2.48. The number of likely N-dealkylation sites (N-methyl/N-ethyl adjacent to an activating group) is 1. The summed E-state index contributed by atoms with van der Waals surface area (Å²) in [5.41, 5.74) is 0.595. The number of ether oxygens (including phenoxy) is 2. The van der Waals surface area contributed by atoms with Gasteiger partial charge >= 0.3 is 6.09 Å². The monoisotopic (exact) mass is 568 g/mol. The Bertz CT molecular complexity index is 1550. The zero-order valence-corrected chi connectivity index (χ0v) is 22.6. The SMILES string of the molecule is CNCCn1cnc2c(F)c3c(c(F)c21)CC(CN1CCC2(CC1)CN(c1cnc4c(n1)NC(=O)CO4)C(=O)O2)C3. The fraction of sp³-hybridized carbons (Fsp3) is 0.519. The maximum Gasteiger partial charge on any atom is 0.416 e. The standard InChI is InChI=1S/C27H30F2N8O4/c1-30-4-7-36-14-32-22-20(28)16-8-15(9-17(16)21(29)23(22)36)11-35-5-2-27(3-6-35)13-37(26(39)41-27)18-10-31-25-24(33-18)34-19(38)12-40-25/h10,14-15,30H,2-9,11-13H2,1H3,(H,33,34,38). The molecule has 1 atom stereocenters. The number of nitrogens with one attached hydrogen (secondary N) is 2. The van der Waals surface area contributed by atoms with Gasteiger partial charge in [-0.25, -0.2) is 28.5 Å². The number of anilines is 2. The number of amides is 2. The van der Waals surface area contributed by atoms with E-state index in [1.807, 2.05) is 7.05 Å². The van der Waals surface area contributed by atoms with Crippen molar-refractivity contribution >= 4 is 34.7 Å². The number of imidazole rings is 1. The molecule has 3 aromatic rings. The molecular formula is C27H30F2N8O4. The molecule has 3 aliphatic heterocycles. The summed E-state index contributed by atoms with van der Waals surface area (Å²) < 4.78 is 43.8. The third kappa shape index (κ3) is 4.45. The predicted octanol–water partition coefficient (Wildman–Crippen LogP) is 1.86. The van der Waals surface area contributed by atoms with E-state index in [9.17, 15) is 9.59 Å². The second-order valence-electron chi connectivity index (χ2n) is 11.3. The third-order valence-electron chi connectivity index (χ3n) is 8.59. The van der Waals surface area contributed by atoms with Crippen LogP contribution in [-0.2, 0) is 28.9 Å². The molecule has 4 aliphatic rings. The van der Waals surface area contributed by atoms with Crippen molar-refractivity contribution in [1.82, 2.24) is 29.7 Å². The lowest BCUT2D eigenvalue weighted by Crippen LogP contribution is -2.48. The quantitative estimate of drug-likeness (QED) is 0.458. The van der Waals surface area contributed by atoms with Crippen LogP contribution in [0.15, 0.2) is 12.5 Å². The Kier molecular flexibility index (Phi) is 6.27. The Morgan fingerprint density at radius 1 is 1.15 bits per heavy atom. The summed E-state index contributed by atoms with van der Waals surface area (Å²) in [7, 11) is 1.81. The number of piperidine rings is 1. The number of fused-ring (bicyclic) bond motifs is 3. The minimum Gasteiger partial charge on any atom is -0.465 e. The van der Waals surface area contributed by atoms with Crippen LogP contribution in [0.25, 0.3) is 11.0 Å². The van der Waals surface area contributed by atoms with Crippen molar-refractivity contribution in [2.75, 3.05) is 56.6 Å². The van der Waals surface area contributed by atoms with Gasteiger partial charge < -0.3 is 29.6 Å². The molecule has 2 fully saturated rings. The molecule has 41 heavy (non-hydrogen) atoms. The Hall–Kier alpha value is -3.91. The van der Waals surface area contributed by atoms with Crippen molar-refractivity contribution in [3.63, 3.8) is 0 Å². The third-order valence-corrected chi connectivity index (χ3v) is 8.59. The summed E-state index contributed by atoms with van der Waals surface area (Å²) in [5, 5.41) is 5.63. The molecule has 14 heteroatoms. The van der Waals surface area contributed by atoms with Gasteiger partial charge in [0.15, 0.2) is 29.9 Å². The molecule has 0 saturated carbocycles. The number of aromatic nitrogens is 4. The lowest BCUT2D eigenvalue weighted by atomic mass is 9.90. The van der Waals surface area contributed by atoms with Crippen molar-refractivity contribution in [1.29, 1.82) is 0 Å². The van der Waals surface area contributed by atoms with Gasteiger partial charge in [-0.3, -0.25) is 9.69 Å². The van der Waals surface area contributed by atoms with Gasteiger partial charge in [0.2, 0.25) is 0 Å². The first kappa shape index (κ1) is 26.0. The average Bonchev–Trinajstić information content (AvgIpc) is 3.67. The average molecular weight is 569 g/mol. The summed E-state index contributed by atoms with van der Waals surface area (Å²) in [4.78, 5) is 40.9. The van der Waals surface area contributed by atoms with Crippen LogP contribution >= 0.6 is 0 Å². The number of hydrogen-bond acceptors (Lipinski definition) is 9. The maximum absolute atomic E-state index is 15.6. The summed E-state index contributed by atoms with van der Waals surface area (Å²) in [6.45, 7) is 3.42. The van der Waals surface area contributed by atoms with Gasteiger partial charge in [0.05, 0.1) is 19.1 Å². The van der Waals surface area contributed by atoms with Crippen LogP contribution < -0.4 is 20.3 Å². The molecule has 1 spiro atoms. The molecular weight excluding hydrogens is 538 g/mol. The summed E-state index contributed by atoms with van der Waals surface area (Å²) in [6, 6.07) is 0. The second-order valence-corrected chi connectivity index (χ2v) is 11.3. The van der Waals surface area contributed by atoms with E-state index in [0.717, 1.165) is 0 Å². The number of halogens is 2. The molecule has 216 valence electrons. The van der Waals surface area contributed by atoms with Gasteiger partial charge in [-0.15, -0.1) is 0 Å². The smallest absolute Gasteiger partial charge is 0.416 e. The minimum atomic E-state index is -0.655. The molecule has 2 saturated heterocycles. The largest absolute Gasteiger partial charge is 0.465 e. The van der Waals surface area contributed by atoms with Crippen LogP contribution in [0.4, 0.5) is 25.2 Å². The minimum absolute atomic E-state index is 0.0890. The van der Waals surface area contributed by atoms with Gasteiger partial charge in [-0.05, 0) is 36.9 Å². The van der Waals surface area contributed by atoms with Gasteiger partial charge in [-0.2, -0.15) is 0 Å². The van der Waals surface area contributed by atoms with E-state index in [2.05, 4.69) is 30.5 Å². The van der Waals surface area contributed by atoms with Gasteiger partial charge in [-0.1, -0.05) is 0 Å². The molecule has 0 radical (unpaired) electrons. The first-order valence-electron chi connectivity index (χ1n) is 13.8. The van der Waals surface area contributed by atoms with Crippen LogP contribution in [-0.4, -0.2) is 88.4 Å². The van der Waals surface area contributed by atoms with Gasteiger partial charge in [0, 0.05) is 45.6 Å².